The van der Waals surface area contributed by atoms with Gasteiger partial charge in [0.15, 0.2) is 0 Å². The molecule has 1 aromatic carbocycles. The number of carbonyl (C=O) groups excluding carboxylic acids is 3. The van der Waals surface area contributed by atoms with E-state index in [9.17, 15) is 14.4 Å². The minimum atomic E-state index is -0.726. The van der Waals surface area contributed by atoms with Gasteiger partial charge in [0.25, 0.3) is 5.91 Å². The van der Waals surface area contributed by atoms with Crippen LogP contribution in [-0.4, -0.2) is 41.4 Å². The quantitative estimate of drug-likeness (QED) is 0.808. The van der Waals surface area contributed by atoms with E-state index >= 15 is 0 Å². The molecular weight excluding hydrogens is 342 g/mol. The summed E-state index contributed by atoms with van der Waals surface area (Å²) < 4.78 is 0. The van der Waals surface area contributed by atoms with Crippen LogP contribution in [0, 0.1) is 13.8 Å². The summed E-state index contributed by atoms with van der Waals surface area (Å²) in [6.45, 7) is 6.59. The van der Waals surface area contributed by atoms with Crippen LogP contribution < -0.4 is 10.2 Å². The van der Waals surface area contributed by atoms with Gasteiger partial charge in [-0.1, -0.05) is 31.4 Å². The molecule has 0 unspecified atom stereocenters. The van der Waals surface area contributed by atoms with Crippen molar-refractivity contribution in [1.82, 2.24) is 10.2 Å². The normalized spacial score (nSPS) is 18.7. The summed E-state index contributed by atoms with van der Waals surface area (Å²) in [7, 11) is 0. The Hall–Kier alpha value is -2.37. The van der Waals surface area contributed by atoms with Crippen LogP contribution in [0.3, 0.4) is 0 Å². The van der Waals surface area contributed by atoms with E-state index in [2.05, 4.69) is 5.32 Å². The maximum Gasteiger partial charge on any atom is 0.325 e. The molecule has 146 valence electrons. The first-order chi connectivity index (χ1) is 12.9. The minimum Gasteiger partial charge on any atom is -0.323 e. The number of hydrogen-bond donors (Lipinski definition) is 1. The van der Waals surface area contributed by atoms with Crippen molar-refractivity contribution in [3.63, 3.8) is 0 Å². The number of nitrogens with zero attached hydrogens (tertiary/aromatic N) is 2. The summed E-state index contributed by atoms with van der Waals surface area (Å²) in [5.74, 6) is -0.230. The maximum absolute atomic E-state index is 12.8. The summed E-state index contributed by atoms with van der Waals surface area (Å²) >= 11 is 0. The third-order valence-corrected chi connectivity index (χ3v) is 5.77. The molecule has 1 N–H and O–H groups in total. The highest BCUT2D eigenvalue weighted by atomic mass is 16.2. The number of anilines is 1. The number of aryl methyl sites for hydroxylation is 2. The molecule has 1 heterocycles. The fourth-order valence-corrected chi connectivity index (χ4v) is 4.21. The van der Waals surface area contributed by atoms with E-state index < -0.39 is 5.54 Å². The molecule has 3 rings (SSSR count). The molecule has 0 atom stereocenters. The number of carbonyl (C=O) groups is 3. The molecule has 6 nitrogen and oxygen atoms in total. The van der Waals surface area contributed by atoms with Gasteiger partial charge in [-0.3, -0.25) is 14.5 Å². The molecule has 0 aromatic heterocycles. The van der Waals surface area contributed by atoms with Crippen molar-refractivity contribution in [3.8, 4) is 0 Å². The van der Waals surface area contributed by atoms with E-state index in [1.165, 1.54) is 4.90 Å². The number of amides is 4. The van der Waals surface area contributed by atoms with E-state index in [0.29, 0.717) is 19.4 Å². The Labute approximate surface area is 160 Å². The van der Waals surface area contributed by atoms with Gasteiger partial charge in [0.2, 0.25) is 5.91 Å². The zero-order valence-corrected chi connectivity index (χ0v) is 16.5. The van der Waals surface area contributed by atoms with Gasteiger partial charge in [-0.15, -0.1) is 0 Å². The van der Waals surface area contributed by atoms with E-state index in [4.69, 9.17) is 0 Å². The molecule has 0 bridgehead atoms. The lowest BCUT2D eigenvalue weighted by Crippen LogP contribution is -2.48. The Morgan fingerprint density at radius 2 is 1.89 bits per heavy atom. The van der Waals surface area contributed by atoms with Crippen LogP contribution in [0.2, 0.25) is 0 Å². The molecule has 4 amide bonds. The summed E-state index contributed by atoms with van der Waals surface area (Å²) in [5.41, 5.74) is 2.29. The molecule has 1 saturated carbocycles. The van der Waals surface area contributed by atoms with Crippen LogP contribution in [0.25, 0.3) is 0 Å². The van der Waals surface area contributed by atoms with Gasteiger partial charge in [-0.2, -0.15) is 0 Å². The van der Waals surface area contributed by atoms with Crippen molar-refractivity contribution in [2.75, 3.05) is 18.0 Å². The van der Waals surface area contributed by atoms with Crippen LogP contribution in [0.5, 0.6) is 0 Å². The van der Waals surface area contributed by atoms with Crippen molar-refractivity contribution in [3.05, 3.63) is 29.3 Å². The lowest BCUT2D eigenvalue weighted by Gasteiger charge is -2.30. The molecular formula is C21H29N3O3. The van der Waals surface area contributed by atoms with Crippen molar-refractivity contribution in [1.29, 1.82) is 0 Å². The van der Waals surface area contributed by atoms with E-state index in [0.717, 1.165) is 36.1 Å². The number of rotatable bonds is 5. The number of urea groups is 1. The minimum absolute atomic E-state index is 0.0728. The summed E-state index contributed by atoms with van der Waals surface area (Å²) in [6, 6.07) is 5.67. The Bertz CT molecular complexity index is 753. The Morgan fingerprint density at radius 3 is 2.56 bits per heavy atom. The Kier molecular flexibility index (Phi) is 5.53. The predicted molar refractivity (Wildman–Crippen MR) is 105 cm³/mol. The number of hydrogen-bond acceptors (Lipinski definition) is 3. The molecule has 1 aromatic rings. The smallest absolute Gasteiger partial charge is 0.323 e. The largest absolute Gasteiger partial charge is 0.325 e. The van der Waals surface area contributed by atoms with Crippen LogP contribution in [0.1, 0.15) is 56.6 Å². The number of imide groups is 1. The highest BCUT2D eigenvalue weighted by molar-refractivity contribution is 6.07. The molecule has 1 aliphatic heterocycles. The molecule has 6 heteroatoms. The lowest BCUT2D eigenvalue weighted by atomic mass is 9.82. The first kappa shape index (κ1) is 19.4. The number of nitrogens with one attached hydrogen (secondary N) is 1. The monoisotopic (exact) mass is 371 g/mol. The van der Waals surface area contributed by atoms with Crippen LogP contribution in [-0.2, 0) is 9.59 Å². The second-order valence-corrected chi connectivity index (χ2v) is 7.71. The second kappa shape index (κ2) is 7.71. The molecule has 27 heavy (non-hydrogen) atoms. The summed E-state index contributed by atoms with van der Waals surface area (Å²) in [5, 5.41) is 2.90. The Balaban J connectivity index is 1.68. The Morgan fingerprint density at radius 1 is 1.19 bits per heavy atom. The van der Waals surface area contributed by atoms with Crippen molar-refractivity contribution >= 4 is 23.5 Å². The molecule has 1 aliphatic carbocycles. The van der Waals surface area contributed by atoms with Gasteiger partial charge in [0.1, 0.15) is 5.54 Å². The highest BCUT2D eigenvalue weighted by Crippen LogP contribution is 2.33. The third kappa shape index (κ3) is 3.70. The molecule has 1 spiro atoms. The topological polar surface area (TPSA) is 69.7 Å². The maximum atomic E-state index is 12.8. The van der Waals surface area contributed by atoms with E-state index in [-0.39, 0.29) is 30.8 Å². The SMILES string of the molecule is CCN(C(=O)CCN1C(=O)NC2(CCCCC2)C1=O)c1cc(C)ccc1C. The molecule has 2 aliphatic rings. The van der Waals surface area contributed by atoms with Crippen molar-refractivity contribution in [2.45, 2.75) is 64.8 Å². The zero-order chi connectivity index (χ0) is 19.6. The zero-order valence-electron chi connectivity index (χ0n) is 16.5. The molecule has 0 radical (unpaired) electrons. The molecule has 1 saturated heterocycles. The first-order valence-electron chi connectivity index (χ1n) is 9.90. The van der Waals surface area contributed by atoms with Gasteiger partial charge < -0.3 is 10.2 Å². The van der Waals surface area contributed by atoms with Crippen LogP contribution in [0.4, 0.5) is 10.5 Å². The van der Waals surface area contributed by atoms with Crippen LogP contribution in [0.15, 0.2) is 18.2 Å². The van der Waals surface area contributed by atoms with E-state index in [1.807, 2.05) is 39.0 Å². The standard InChI is InChI=1S/C21H29N3O3/c1-4-23(17-14-15(2)8-9-16(17)3)18(25)10-13-24-19(26)21(22-20(24)27)11-6-5-7-12-21/h8-9,14H,4-7,10-13H2,1-3H3,(H,22,27). The summed E-state index contributed by atoms with van der Waals surface area (Å²) in [6.07, 6.45) is 4.54. The average molecular weight is 371 g/mol. The first-order valence-corrected chi connectivity index (χ1v) is 9.90. The highest BCUT2D eigenvalue weighted by Gasteiger charge is 2.51. The third-order valence-electron chi connectivity index (χ3n) is 5.77. The average Bonchev–Trinajstić information content (AvgIpc) is 2.87. The predicted octanol–water partition coefficient (Wildman–Crippen LogP) is 3.30. The fourth-order valence-electron chi connectivity index (χ4n) is 4.21. The second-order valence-electron chi connectivity index (χ2n) is 7.71. The van der Waals surface area contributed by atoms with Gasteiger partial charge in [0, 0.05) is 25.2 Å². The van der Waals surface area contributed by atoms with Gasteiger partial charge in [-0.25, -0.2) is 4.79 Å². The van der Waals surface area contributed by atoms with Gasteiger partial charge in [-0.05, 0) is 50.8 Å². The van der Waals surface area contributed by atoms with Crippen LogP contribution >= 0.6 is 0 Å². The lowest BCUT2D eigenvalue weighted by molar-refractivity contribution is -0.132. The van der Waals surface area contributed by atoms with E-state index in [1.54, 1.807) is 4.90 Å². The number of benzene rings is 1. The van der Waals surface area contributed by atoms with Gasteiger partial charge >= 0.3 is 6.03 Å². The fraction of sp³-hybridized carbons (Fsp3) is 0.571. The van der Waals surface area contributed by atoms with Crippen molar-refractivity contribution < 1.29 is 14.4 Å². The van der Waals surface area contributed by atoms with Crippen molar-refractivity contribution in [2.24, 2.45) is 0 Å². The molecule has 2 fully saturated rings. The summed E-state index contributed by atoms with van der Waals surface area (Å²) in [4.78, 5) is 41.0. The van der Waals surface area contributed by atoms with Gasteiger partial charge in [0.05, 0.1) is 0 Å².